The molecule has 1 saturated heterocycles. The van der Waals surface area contributed by atoms with Crippen LogP contribution in [0.2, 0.25) is 0 Å². The molecule has 1 aliphatic rings. The highest BCUT2D eigenvalue weighted by Gasteiger charge is 2.24. The zero-order valence-corrected chi connectivity index (χ0v) is 16.9. The molecule has 0 radical (unpaired) electrons. The predicted molar refractivity (Wildman–Crippen MR) is 110 cm³/mol. The number of amides is 2. The number of amidine groups is 1. The zero-order valence-electron chi connectivity index (χ0n) is 16.0. The Balaban J connectivity index is 2.18. The third-order valence-electron chi connectivity index (χ3n) is 4.00. The van der Waals surface area contributed by atoms with Gasteiger partial charge < -0.3 is 20.7 Å². The molecule has 9 heteroatoms. The maximum Gasteiger partial charge on any atom is 0.415 e. The molecule has 1 heterocycles. The van der Waals surface area contributed by atoms with Crippen LogP contribution in [0, 0.1) is 5.82 Å². The van der Waals surface area contributed by atoms with Gasteiger partial charge in [-0.1, -0.05) is 0 Å². The number of hydrogen-bond donors (Lipinski definition) is 2. The fourth-order valence-corrected chi connectivity index (χ4v) is 3.27. The summed E-state index contributed by atoms with van der Waals surface area (Å²) in [4.78, 5) is 30.6. The summed E-state index contributed by atoms with van der Waals surface area (Å²) in [7, 11) is 0. The number of unbranched alkanes of at least 4 members (excludes halogenated alkanes) is 1. The van der Waals surface area contributed by atoms with Crippen molar-refractivity contribution in [2.24, 2.45) is 10.7 Å². The van der Waals surface area contributed by atoms with Gasteiger partial charge in [0.05, 0.1) is 4.91 Å². The highest BCUT2D eigenvalue weighted by atomic mass is 32.2. The lowest BCUT2D eigenvalue weighted by atomic mass is 10.2. The number of ether oxygens (including phenoxy) is 1. The van der Waals surface area contributed by atoms with Gasteiger partial charge >= 0.3 is 6.09 Å². The van der Waals surface area contributed by atoms with Crippen LogP contribution in [0.5, 0.6) is 5.75 Å². The van der Waals surface area contributed by atoms with Crippen LogP contribution in [0.25, 0.3) is 6.08 Å². The number of carbonyl (C=O) groups excluding carboxylic acids is 2. The number of nitrogens with one attached hydrogen (secondary N) is 1. The lowest BCUT2D eigenvalue weighted by molar-refractivity contribution is -0.115. The summed E-state index contributed by atoms with van der Waals surface area (Å²) >= 11 is 1.19. The summed E-state index contributed by atoms with van der Waals surface area (Å²) < 4.78 is 19.0. The quantitative estimate of drug-likeness (QED) is 0.509. The van der Waals surface area contributed by atoms with E-state index < -0.39 is 11.9 Å². The molecule has 1 aromatic rings. The van der Waals surface area contributed by atoms with E-state index in [9.17, 15) is 14.0 Å². The summed E-state index contributed by atoms with van der Waals surface area (Å²) in [5.74, 6) is -0.769. The van der Waals surface area contributed by atoms with Crippen molar-refractivity contribution in [2.45, 2.75) is 26.7 Å². The van der Waals surface area contributed by atoms with E-state index in [1.165, 1.54) is 28.8 Å². The maximum absolute atomic E-state index is 13.7. The van der Waals surface area contributed by atoms with Crippen LogP contribution in [0.3, 0.4) is 0 Å². The average Bonchev–Trinajstić information content (AvgIpc) is 3.01. The monoisotopic (exact) mass is 408 g/mol. The van der Waals surface area contributed by atoms with Gasteiger partial charge in [0.25, 0.3) is 5.91 Å². The first kappa shape index (κ1) is 21.9. The van der Waals surface area contributed by atoms with Crippen LogP contribution in [-0.4, -0.2) is 48.2 Å². The van der Waals surface area contributed by atoms with Crippen LogP contribution in [0.4, 0.5) is 9.18 Å². The van der Waals surface area contributed by atoms with Crippen LogP contribution >= 0.6 is 11.8 Å². The molecule has 1 fully saturated rings. The van der Waals surface area contributed by atoms with Gasteiger partial charge in [0.15, 0.2) is 5.17 Å². The summed E-state index contributed by atoms with van der Waals surface area (Å²) in [5.41, 5.74) is 5.88. The van der Waals surface area contributed by atoms with Crippen molar-refractivity contribution < 1.29 is 18.7 Å². The van der Waals surface area contributed by atoms with Gasteiger partial charge in [-0.2, -0.15) is 0 Å². The van der Waals surface area contributed by atoms with E-state index >= 15 is 0 Å². The van der Waals surface area contributed by atoms with Crippen LogP contribution in [0.15, 0.2) is 28.1 Å². The minimum absolute atomic E-state index is 0.0612. The summed E-state index contributed by atoms with van der Waals surface area (Å²) in [6.07, 6.45) is 2.71. The number of rotatable bonds is 8. The van der Waals surface area contributed by atoms with Crippen molar-refractivity contribution in [3.8, 4) is 5.75 Å². The van der Waals surface area contributed by atoms with Gasteiger partial charge in [0.1, 0.15) is 11.6 Å². The Labute approximate surface area is 168 Å². The number of nitrogens with zero attached hydrogens (tertiary/aromatic N) is 2. The Morgan fingerprint density at radius 2 is 2.11 bits per heavy atom. The average molecular weight is 408 g/mol. The number of hydrogen-bond acceptors (Lipinski definition) is 6. The van der Waals surface area contributed by atoms with Gasteiger partial charge in [-0.3, -0.25) is 9.79 Å². The number of thioether (sulfide) groups is 1. The Kier molecular flexibility index (Phi) is 8.46. The van der Waals surface area contributed by atoms with Crippen molar-refractivity contribution in [2.75, 3.05) is 26.2 Å². The normalized spacial score (nSPS) is 16.5. The number of aliphatic imine (C=N–C) groups is 1. The molecule has 0 spiro atoms. The Bertz CT molecular complexity index is 778. The molecular formula is C19H25FN4O3S. The fourth-order valence-electron chi connectivity index (χ4n) is 2.44. The van der Waals surface area contributed by atoms with E-state index in [1.807, 2.05) is 13.8 Å². The molecule has 0 aromatic heterocycles. The van der Waals surface area contributed by atoms with Crippen LogP contribution in [0.1, 0.15) is 32.3 Å². The van der Waals surface area contributed by atoms with Crippen molar-refractivity contribution >= 4 is 35.0 Å². The Morgan fingerprint density at radius 3 is 2.79 bits per heavy atom. The third kappa shape index (κ3) is 6.07. The van der Waals surface area contributed by atoms with E-state index in [-0.39, 0.29) is 11.7 Å². The van der Waals surface area contributed by atoms with Gasteiger partial charge in [-0.15, -0.1) is 0 Å². The summed E-state index contributed by atoms with van der Waals surface area (Å²) in [6.45, 7) is 5.79. The smallest absolute Gasteiger partial charge is 0.409 e. The molecule has 0 unspecified atom stereocenters. The first-order valence-corrected chi connectivity index (χ1v) is 10.0. The van der Waals surface area contributed by atoms with E-state index in [4.69, 9.17) is 10.5 Å². The molecule has 2 amide bonds. The fraction of sp³-hybridized carbons (Fsp3) is 0.421. The zero-order chi connectivity index (χ0) is 20.5. The summed E-state index contributed by atoms with van der Waals surface area (Å²) in [5, 5.41) is 3.20. The number of carbonyl (C=O) groups is 2. The van der Waals surface area contributed by atoms with Gasteiger partial charge in [-0.25, -0.2) is 9.18 Å². The highest BCUT2D eigenvalue weighted by Crippen LogP contribution is 2.30. The summed E-state index contributed by atoms with van der Waals surface area (Å²) in [6, 6.07) is 3.85. The molecule has 3 N–H and O–H groups in total. The van der Waals surface area contributed by atoms with Gasteiger partial charge in [-0.05, 0) is 63.2 Å². The van der Waals surface area contributed by atoms with Crippen molar-refractivity contribution in [3.63, 3.8) is 0 Å². The van der Waals surface area contributed by atoms with Gasteiger partial charge in [0, 0.05) is 31.3 Å². The minimum Gasteiger partial charge on any atom is -0.409 e. The number of halogens is 1. The van der Waals surface area contributed by atoms with E-state index in [2.05, 4.69) is 10.3 Å². The Morgan fingerprint density at radius 1 is 1.36 bits per heavy atom. The molecule has 1 aromatic carbocycles. The first-order chi connectivity index (χ1) is 13.5. The topological polar surface area (TPSA) is 97.0 Å². The second-order valence-electron chi connectivity index (χ2n) is 5.97. The molecule has 28 heavy (non-hydrogen) atoms. The number of benzene rings is 1. The maximum atomic E-state index is 13.7. The van der Waals surface area contributed by atoms with Crippen LogP contribution < -0.4 is 15.8 Å². The highest BCUT2D eigenvalue weighted by molar-refractivity contribution is 8.18. The minimum atomic E-state index is -0.569. The van der Waals surface area contributed by atoms with Crippen molar-refractivity contribution in [3.05, 3.63) is 34.5 Å². The van der Waals surface area contributed by atoms with E-state index in [0.717, 1.165) is 18.9 Å². The SMILES string of the molecule is CCN(CC)C(=O)Oc1cc(F)ccc1/C=C1/SC(=NCCCCN)NC1=O. The molecule has 0 saturated carbocycles. The predicted octanol–water partition coefficient (Wildman–Crippen LogP) is 2.97. The van der Waals surface area contributed by atoms with Crippen molar-refractivity contribution in [1.29, 1.82) is 0 Å². The molecule has 1 aliphatic heterocycles. The Hall–Kier alpha value is -2.39. The van der Waals surface area contributed by atoms with Gasteiger partial charge in [0.2, 0.25) is 0 Å². The lowest BCUT2D eigenvalue weighted by Crippen LogP contribution is -2.33. The second-order valence-corrected chi connectivity index (χ2v) is 7.00. The van der Waals surface area contributed by atoms with Crippen molar-refractivity contribution in [1.82, 2.24) is 10.2 Å². The first-order valence-electron chi connectivity index (χ1n) is 9.20. The molecule has 2 rings (SSSR count). The molecule has 152 valence electrons. The van der Waals surface area contributed by atoms with E-state index in [1.54, 1.807) is 6.08 Å². The largest absolute Gasteiger partial charge is 0.415 e. The van der Waals surface area contributed by atoms with E-state index in [0.29, 0.717) is 41.8 Å². The lowest BCUT2D eigenvalue weighted by Gasteiger charge is -2.18. The standard InChI is InChI=1S/C19H25FN4O3S/c1-3-24(4-2)19(26)27-15-12-14(20)8-7-13(15)11-16-17(25)23-18(28-16)22-10-6-5-9-21/h7-8,11-12H,3-6,9-10,21H2,1-2H3,(H,22,23,25)/b16-11+. The molecule has 0 aliphatic carbocycles. The molecule has 0 atom stereocenters. The third-order valence-corrected chi connectivity index (χ3v) is 4.95. The molecule has 0 bridgehead atoms. The molecule has 7 nitrogen and oxygen atoms in total. The number of nitrogens with two attached hydrogens (primary N) is 1. The second kappa shape index (κ2) is 10.8. The molecular weight excluding hydrogens is 383 g/mol. The van der Waals surface area contributed by atoms with Crippen LogP contribution in [-0.2, 0) is 4.79 Å².